The molecule has 0 radical (unpaired) electrons. The lowest BCUT2D eigenvalue weighted by Crippen LogP contribution is -2.61. The van der Waals surface area contributed by atoms with Gasteiger partial charge in [-0.3, -0.25) is 14.4 Å². The molecular weight excluding hydrogens is 548 g/mol. The number of hydrogen-bond acceptors (Lipinski definition) is 12. The summed E-state index contributed by atoms with van der Waals surface area (Å²) in [6.45, 7) is 0. The average Bonchev–Trinajstić information content (AvgIpc) is 2.93. The van der Waals surface area contributed by atoms with Gasteiger partial charge in [-0.25, -0.2) is 4.79 Å². The van der Waals surface area contributed by atoms with Crippen LogP contribution in [-0.4, -0.2) is 79.3 Å². The molecule has 2 aromatic carbocycles. The van der Waals surface area contributed by atoms with Gasteiger partial charge in [0.15, 0.2) is 23.4 Å². The number of carbonyl (C=O) groups excluding carboxylic acids is 1. The number of ether oxygens (including phenoxy) is 3. The van der Waals surface area contributed by atoms with Crippen molar-refractivity contribution in [3.05, 3.63) is 52.7 Å². The zero-order valence-electron chi connectivity index (χ0n) is 21.2. The summed E-state index contributed by atoms with van der Waals surface area (Å²) < 4.78 is 21.6. The second-order valence-corrected chi connectivity index (χ2v) is 9.20. The number of esters is 1. The van der Waals surface area contributed by atoms with Crippen molar-refractivity contribution >= 4 is 28.9 Å². The summed E-state index contributed by atoms with van der Waals surface area (Å²) >= 11 is 0. The summed E-state index contributed by atoms with van der Waals surface area (Å²) in [5, 5.41) is 58.7. The predicted octanol–water partition coefficient (Wildman–Crippen LogP) is 0.987. The number of rotatable bonds is 10. The van der Waals surface area contributed by atoms with Gasteiger partial charge in [0.05, 0.1) is 5.39 Å². The molecule has 1 aromatic heterocycles. The van der Waals surface area contributed by atoms with E-state index in [0.29, 0.717) is 0 Å². The van der Waals surface area contributed by atoms with Gasteiger partial charge in [-0.1, -0.05) is 12.1 Å². The Hall–Kier alpha value is -4.50. The molecule has 1 fully saturated rings. The number of carbonyl (C=O) groups is 3. The fourth-order valence-electron chi connectivity index (χ4n) is 4.15. The van der Waals surface area contributed by atoms with Crippen molar-refractivity contribution in [2.24, 2.45) is 0 Å². The molecule has 6 N–H and O–H groups in total. The SMILES string of the molecule is O=C(O)CCCCC(=O)Oc1c(-c2ccc(O[C@H]3O[C@@H](C(=O)O)[C@H](O)[C@@H](O)[C@@H]3O)c(O)c2)oc2ccccc2c1=O. The maximum atomic E-state index is 13.2. The molecule has 14 heteroatoms. The van der Waals surface area contributed by atoms with Gasteiger partial charge < -0.3 is 49.3 Å². The molecule has 2 heterocycles. The highest BCUT2D eigenvalue weighted by Crippen LogP contribution is 2.37. The van der Waals surface area contributed by atoms with E-state index >= 15 is 0 Å². The van der Waals surface area contributed by atoms with Crippen LogP contribution < -0.4 is 14.9 Å². The molecule has 0 unspecified atom stereocenters. The summed E-state index contributed by atoms with van der Waals surface area (Å²) in [6, 6.07) is 9.73. The third-order valence-electron chi connectivity index (χ3n) is 6.27. The third-order valence-corrected chi connectivity index (χ3v) is 6.27. The maximum Gasteiger partial charge on any atom is 0.335 e. The smallest absolute Gasteiger partial charge is 0.335 e. The van der Waals surface area contributed by atoms with Crippen LogP contribution in [-0.2, 0) is 19.1 Å². The molecule has 14 nitrogen and oxygen atoms in total. The first-order valence-corrected chi connectivity index (χ1v) is 12.4. The molecule has 218 valence electrons. The Morgan fingerprint density at radius 1 is 0.902 bits per heavy atom. The van der Waals surface area contributed by atoms with E-state index in [1.54, 1.807) is 12.1 Å². The molecular formula is C27H26O14. The van der Waals surface area contributed by atoms with Crippen LogP contribution in [0.2, 0.25) is 0 Å². The Kier molecular flexibility index (Phi) is 8.88. The van der Waals surface area contributed by atoms with Crippen molar-refractivity contribution in [1.29, 1.82) is 0 Å². The normalized spacial score (nSPS) is 22.3. The van der Waals surface area contributed by atoms with Crippen LogP contribution in [0.25, 0.3) is 22.3 Å². The van der Waals surface area contributed by atoms with Crippen molar-refractivity contribution in [2.45, 2.75) is 56.4 Å². The Bertz CT molecular complexity index is 1510. The number of phenols is 1. The summed E-state index contributed by atoms with van der Waals surface area (Å²) in [6.07, 6.45) is -9.33. The Balaban J connectivity index is 1.63. The van der Waals surface area contributed by atoms with Gasteiger partial charge in [-0.2, -0.15) is 0 Å². The number of phenolic OH excluding ortho intramolecular Hbond substituents is 1. The number of unbranched alkanes of at least 4 members (excludes halogenated alkanes) is 1. The fourth-order valence-corrected chi connectivity index (χ4v) is 4.15. The first-order chi connectivity index (χ1) is 19.5. The lowest BCUT2D eigenvalue weighted by atomic mass is 9.99. The average molecular weight is 574 g/mol. The molecule has 3 aromatic rings. The van der Waals surface area contributed by atoms with E-state index < -0.39 is 65.5 Å². The Morgan fingerprint density at radius 2 is 1.61 bits per heavy atom. The molecule has 1 aliphatic heterocycles. The number of aliphatic hydroxyl groups excluding tert-OH is 3. The van der Waals surface area contributed by atoms with Gasteiger partial charge in [-0.15, -0.1) is 0 Å². The van der Waals surface area contributed by atoms with Crippen LogP contribution in [0.15, 0.2) is 51.7 Å². The minimum Gasteiger partial charge on any atom is -0.504 e. The topological polar surface area (TPSA) is 230 Å². The minimum absolute atomic E-state index is 0.0651. The van der Waals surface area contributed by atoms with E-state index in [4.69, 9.17) is 23.7 Å². The number of benzene rings is 2. The van der Waals surface area contributed by atoms with Crippen molar-refractivity contribution in [3.8, 4) is 28.6 Å². The van der Waals surface area contributed by atoms with E-state index in [1.807, 2.05) is 0 Å². The van der Waals surface area contributed by atoms with Gasteiger partial charge >= 0.3 is 17.9 Å². The van der Waals surface area contributed by atoms with Crippen LogP contribution in [0.3, 0.4) is 0 Å². The zero-order valence-corrected chi connectivity index (χ0v) is 21.2. The number of fused-ring (bicyclic) bond motifs is 1. The van der Waals surface area contributed by atoms with Crippen LogP contribution in [0.4, 0.5) is 0 Å². The number of hydrogen-bond donors (Lipinski definition) is 6. The fraction of sp³-hybridized carbons (Fsp3) is 0.333. The second kappa shape index (κ2) is 12.3. The molecule has 5 atom stereocenters. The van der Waals surface area contributed by atoms with Crippen molar-refractivity contribution in [3.63, 3.8) is 0 Å². The summed E-state index contributed by atoms with van der Waals surface area (Å²) in [5.74, 6) is -5.03. The van der Waals surface area contributed by atoms with E-state index in [-0.39, 0.29) is 53.7 Å². The highest BCUT2D eigenvalue weighted by Gasteiger charge is 2.48. The molecule has 0 spiro atoms. The number of aliphatic carboxylic acids is 2. The van der Waals surface area contributed by atoms with Crippen molar-refractivity contribution in [2.75, 3.05) is 0 Å². The number of aliphatic hydroxyl groups is 3. The van der Waals surface area contributed by atoms with E-state index in [0.717, 1.165) is 6.07 Å². The van der Waals surface area contributed by atoms with Gasteiger partial charge in [0.2, 0.25) is 17.5 Å². The van der Waals surface area contributed by atoms with Gasteiger partial charge in [0, 0.05) is 18.4 Å². The van der Waals surface area contributed by atoms with E-state index in [2.05, 4.69) is 0 Å². The molecule has 4 rings (SSSR count). The Labute approximate surface area is 230 Å². The first kappa shape index (κ1) is 29.5. The lowest BCUT2D eigenvalue weighted by Gasteiger charge is -2.38. The highest BCUT2D eigenvalue weighted by atomic mass is 16.7. The molecule has 0 aliphatic carbocycles. The number of carboxylic acids is 2. The predicted molar refractivity (Wildman–Crippen MR) is 136 cm³/mol. The highest BCUT2D eigenvalue weighted by molar-refractivity contribution is 5.84. The molecule has 0 amide bonds. The van der Waals surface area contributed by atoms with Crippen LogP contribution in [0.5, 0.6) is 17.2 Å². The summed E-state index contributed by atoms with van der Waals surface area (Å²) in [5.41, 5.74) is -0.457. The largest absolute Gasteiger partial charge is 0.504 e. The molecule has 0 bridgehead atoms. The van der Waals surface area contributed by atoms with Crippen LogP contribution in [0.1, 0.15) is 25.7 Å². The van der Waals surface area contributed by atoms with E-state index in [1.165, 1.54) is 24.3 Å². The van der Waals surface area contributed by atoms with Gasteiger partial charge in [-0.05, 0) is 43.2 Å². The summed E-state index contributed by atoms with van der Waals surface area (Å²) in [7, 11) is 0. The molecule has 0 saturated carbocycles. The Morgan fingerprint density at radius 3 is 2.29 bits per heavy atom. The lowest BCUT2D eigenvalue weighted by molar-refractivity contribution is -0.271. The minimum atomic E-state index is -1.94. The molecule has 1 saturated heterocycles. The third kappa shape index (κ3) is 6.47. The summed E-state index contributed by atoms with van der Waals surface area (Å²) in [4.78, 5) is 47.7. The van der Waals surface area contributed by atoms with Gasteiger partial charge in [0.25, 0.3) is 0 Å². The van der Waals surface area contributed by atoms with E-state index in [9.17, 15) is 44.7 Å². The monoisotopic (exact) mass is 574 g/mol. The standard InChI is InChI=1S/C27H26O14/c28-14-11-12(9-10-16(14)39-27-22(35)20(33)21(34)25(41-27)26(36)37)23-24(40-18(31)8-4-3-7-17(29)30)19(32)13-5-1-2-6-15(13)38-23/h1-2,5-6,9-11,20-22,25,27-28,33-35H,3-4,7-8H2,(H,29,30)(H,36,37)/t20-,21-,22+,25-,27+/m1/s1. The van der Waals surface area contributed by atoms with Crippen LogP contribution >= 0.6 is 0 Å². The molecule has 1 aliphatic rings. The number of para-hydroxylation sites is 1. The molecule has 41 heavy (non-hydrogen) atoms. The zero-order chi connectivity index (χ0) is 29.8. The van der Waals surface area contributed by atoms with Crippen molar-refractivity contribution < 1.29 is 63.7 Å². The first-order valence-electron chi connectivity index (χ1n) is 12.4. The quantitative estimate of drug-likeness (QED) is 0.146. The van der Waals surface area contributed by atoms with Gasteiger partial charge in [0.1, 0.15) is 23.9 Å². The maximum absolute atomic E-state index is 13.2. The number of carboxylic acid groups (broad SMARTS) is 2. The van der Waals surface area contributed by atoms with Crippen molar-refractivity contribution in [1.82, 2.24) is 0 Å². The second-order valence-electron chi connectivity index (χ2n) is 9.20. The van der Waals surface area contributed by atoms with Crippen LogP contribution in [0, 0.1) is 0 Å². The number of aromatic hydroxyl groups is 1.